The first kappa shape index (κ1) is 16.1. The minimum atomic E-state index is -0.923. The Kier molecular flexibility index (Phi) is 5.31. The lowest BCUT2D eigenvalue weighted by Gasteiger charge is -2.31. The molecular formula is C16H26O. The average molecular weight is 234 g/mol. The van der Waals surface area contributed by atoms with Crippen LogP contribution in [-0.2, 0) is 0 Å². The number of rotatable bonds is 4. The van der Waals surface area contributed by atoms with Gasteiger partial charge in [0.2, 0.25) is 0 Å². The Morgan fingerprint density at radius 2 is 1.59 bits per heavy atom. The van der Waals surface area contributed by atoms with Gasteiger partial charge in [0.25, 0.3) is 0 Å². The topological polar surface area (TPSA) is 20.2 Å². The van der Waals surface area contributed by atoms with Gasteiger partial charge in [-0.3, -0.25) is 0 Å². The fourth-order valence-electron chi connectivity index (χ4n) is 1.69. The summed E-state index contributed by atoms with van der Waals surface area (Å²) in [5, 5.41) is 10.5. The van der Waals surface area contributed by atoms with Gasteiger partial charge in [0, 0.05) is 11.8 Å². The summed E-state index contributed by atoms with van der Waals surface area (Å²) in [5.74, 6) is 8.83. The van der Waals surface area contributed by atoms with Crippen molar-refractivity contribution in [3.63, 3.8) is 0 Å². The Morgan fingerprint density at radius 1 is 1.06 bits per heavy atom. The van der Waals surface area contributed by atoms with Crippen LogP contribution < -0.4 is 0 Å². The average Bonchev–Trinajstić information content (AvgIpc) is 2.13. The lowest BCUT2D eigenvalue weighted by Crippen LogP contribution is -2.33. The highest BCUT2D eigenvalue weighted by atomic mass is 16.3. The molecule has 0 aromatic heterocycles. The second kappa shape index (κ2) is 5.61. The van der Waals surface area contributed by atoms with Crippen LogP contribution in [0.5, 0.6) is 0 Å². The van der Waals surface area contributed by atoms with E-state index in [1.54, 1.807) is 0 Å². The van der Waals surface area contributed by atoms with E-state index in [2.05, 4.69) is 31.6 Å². The molecule has 1 unspecified atom stereocenters. The summed E-state index contributed by atoms with van der Waals surface area (Å²) >= 11 is 0. The van der Waals surface area contributed by atoms with Gasteiger partial charge in [0.15, 0.2) is 0 Å². The van der Waals surface area contributed by atoms with E-state index in [-0.39, 0.29) is 10.8 Å². The minimum absolute atomic E-state index is 0.0773. The number of aliphatic hydroxyl groups is 1. The van der Waals surface area contributed by atoms with E-state index < -0.39 is 5.60 Å². The smallest absolute Gasteiger partial charge is 0.125 e. The van der Waals surface area contributed by atoms with Crippen LogP contribution in [0.25, 0.3) is 0 Å². The maximum Gasteiger partial charge on any atom is 0.125 e. The number of terminal acetylenes is 1. The van der Waals surface area contributed by atoms with Crippen LogP contribution in [0.4, 0.5) is 0 Å². The molecule has 0 aliphatic rings. The Balaban J connectivity index is 4.92. The maximum absolute atomic E-state index is 10.5. The fourth-order valence-corrected chi connectivity index (χ4v) is 1.69. The van der Waals surface area contributed by atoms with Gasteiger partial charge in [-0.05, 0) is 39.0 Å². The molecule has 0 amide bonds. The second-order valence-electron chi connectivity index (χ2n) is 6.61. The second-order valence-corrected chi connectivity index (χ2v) is 6.61. The molecule has 0 aromatic carbocycles. The molecule has 0 aromatic rings. The molecule has 0 aliphatic carbocycles. The zero-order valence-electron chi connectivity index (χ0n) is 12.1. The number of hydrogen-bond acceptors (Lipinski definition) is 1. The van der Waals surface area contributed by atoms with Crippen LogP contribution in [0.2, 0.25) is 0 Å². The van der Waals surface area contributed by atoms with Gasteiger partial charge in [-0.2, -0.15) is 0 Å². The highest BCUT2D eigenvalue weighted by molar-refractivity contribution is 5.18. The summed E-state index contributed by atoms with van der Waals surface area (Å²) in [7, 11) is 0. The summed E-state index contributed by atoms with van der Waals surface area (Å²) < 4.78 is 0. The first-order chi connectivity index (χ1) is 7.54. The molecule has 0 aliphatic heterocycles. The van der Waals surface area contributed by atoms with Crippen LogP contribution in [0, 0.1) is 35.0 Å². The minimum Gasteiger partial charge on any atom is -0.378 e. The molecule has 0 saturated carbocycles. The third-order valence-electron chi connectivity index (χ3n) is 2.61. The zero-order chi connectivity index (χ0) is 13.7. The van der Waals surface area contributed by atoms with Gasteiger partial charge in [0.05, 0.1) is 0 Å². The molecule has 0 spiro atoms. The molecule has 1 heteroatoms. The molecule has 0 fully saturated rings. The molecule has 0 heterocycles. The first-order valence-electron chi connectivity index (χ1n) is 6.24. The van der Waals surface area contributed by atoms with Crippen molar-refractivity contribution < 1.29 is 5.11 Å². The Bertz CT molecular complexity index is 340. The molecule has 0 radical (unpaired) electrons. The third kappa shape index (κ3) is 7.09. The van der Waals surface area contributed by atoms with E-state index in [0.717, 1.165) is 0 Å². The fraction of sp³-hybridized carbons (Fsp3) is 0.750. The molecule has 0 bridgehead atoms. The summed E-state index contributed by atoms with van der Waals surface area (Å²) in [6, 6.07) is 0. The van der Waals surface area contributed by atoms with Crippen molar-refractivity contribution in [2.75, 3.05) is 0 Å². The standard InChI is InChI=1S/C16H26O/c1-8-10-15(6,7)13-16(17,9-2)12-11-14(3,4)5/h1,17H,9-10,13H2,2-7H3. The maximum atomic E-state index is 10.5. The highest BCUT2D eigenvalue weighted by Crippen LogP contribution is 2.32. The largest absolute Gasteiger partial charge is 0.378 e. The lowest BCUT2D eigenvalue weighted by atomic mass is 9.77. The van der Waals surface area contributed by atoms with Crippen molar-refractivity contribution in [1.29, 1.82) is 0 Å². The van der Waals surface area contributed by atoms with Gasteiger partial charge < -0.3 is 5.11 Å². The van der Waals surface area contributed by atoms with Crippen molar-refractivity contribution in [1.82, 2.24) is 0 Å². The van der Waals surface area contributed by atoms with Crippen LogP contribution in [0.1, 0.15) is 60.8 Å². The lowest BCUT2D eigenvalue weighted by molar-refractivity contribution is 0.0482. The van der Waals surface area contributed by atoms with Crippen molar-refractivity contribution >= 4 is 0 Å². The molecule has 0 rings (SSSR count). The summed E-state index contributed by atoms with van der Waals surface area (Å²) in [6.07, 6.45) is 7.25. The Hall–Kier alpha value is -0.920. The van der Waals surface area contributed by atoms with Crippen LogP contribution in [0.3, 0.4) is 0 Å². The molecule has 17 heavy (non-hydrogen) atoms. The third-order valence-corrected chi connectivity index (χ3v) is 2.61. The van der Waals surface area contributed by atoms with E-state index in [1.807, 2.05) is 27.7 Å². The van der Waals surface area contributed by atoms with E-state index in [1.165, 1.54) is 0 Å². The zero-order valence-corrected chi connectivity index (χ0v) is 12.1. The first-order valence-corrected chi connectivity index (χ1v) is 6.24. The van der Waals surface area contributed by atoms with E-state index in [4.69, 9.17) is 6.42 Å². The number of hydrogen-bond donors (Lipinski definition) is 1. The molecule has 1 N–H and O–H groups in total. The molecule has 1 atom stereocenters. The van der Waals surface area contributed by atoms with Crippen molar-refractivity contribution in [2.24, 2.45) is 10.8 Å². The molecule has 1 nitrogen and oxygen atoms in total. The van der Waals surface area contributed by atoms with Gasteiger partial charge in [-0.1, -0.05) is 32.6 Å². The van der Waals surface area contributed by atoms with Crippen molar-refractivity contribution in [3.05, 3.63) is 0 Å². The normalized spacial score (nSPS) is 15.4. The molecule has 0 saturated heterocycles. The van der Waals surface area contributed by atoms with E-state index in [0.29, 0.717) is 19.3 Å². The van der Waals surface area contributed by atoms with Gasteiger partial charge in [-0.15, -0.1) is 12.3 Å². The van der Waals surface area contributed by atoms with Gasteiger partial charge >= 0.3 is 0 Å². The predicted molar refractivity (Wildman–Crippen MR) is 74.3 cm³/mol. The predicted octanol–water partition coefficient (Wildman–Crippen LogP) is 3.62. The van der Waals surface area contributed by atoms with E-state index >= 15 is 0 Å². The monoisotopic (exact) mass is 234 g/mol. The summed E-state index contributed by atoms with van der Waals surface area (Å²) in [4.78, 5) is 0. The van der Waals surface area contributed by atoms with E-state index in [9.17, 15) is 5.11 Å². The van der Waals surface area contributed by atoms with Crippen LogP contribution in [0.15, 0.2) is 0 Å². The highest BCUT2D eigenvalue weighted by Gasteiger charge is 2.31. The van der Waals surface area contributed by atoms with Crippen molar-refractivity contribution in [2.45, 2.75) is 66.4 Å². The Labute approximate surface area is 107 Å². The van der Waals surface area contributed by atoms with Crippen LogP contribution >= 0.6 is 0 Å². The van der Waals surface area contributed by atoms with Gasteiger partial charge in [-0.25, -0.2) is 0 Å². The molecule has 96 valence electrons. The Morgan fingerprint density at radius 3 is 1.94 bits per heavy atom. The molecular weight excluding hydrogens is 208 g/mol. The SMILES string of the molecule is C#CCC(C)(C)CC(O)(C#CC(C)(C)C)CC. The van der Waals surface area contributed by atoms with Crippen molar-refractivity contribution in [3.8, 4) is 24.2 Å². The van der Waals surface area contributed by atoms with Crippen LogP contribution in [-0.4, -0.2) is 10.7 Å². The quantitative estimate of drug-likeness (QED) is 0.737. The summed E-state index contributed by atoms with van der Waals surface area (Å²) in [6.45, 7) is 12.2. The van der Waals surface area contributed by atoms with Gasteiger partial charge in [0.1, 0.15) is 5.60 Å². The summed E-state index contributed by atoms with van der Waals surface area (Å²) in [5.41, 5.74) is -1.08.